The molecule has 0 radical (unpaired) electrons. The van der Waals surface area contributed by atoms with Gasteiger partial charge in [0.2, 0.25) is 0 Å². The number of carboxylic acid groups (broad SMARTS) is 2. The van der Waals surface area contributed by atoms with Crippen molar-refractivity contribution >= 4 is 11.9 Å². The van der Waals surface area contributed by atoms with Crippen LogP contribution in [0.4, 0.5) is 0 Å². The highest BCUT2D eigenvalue weighted by Crippen LogP contribution is 2.13. The van der Waals surface area contributed by atoms with Crippen LogP contribution in [0.1, 0.15) is 51.6 Å². The van der Waals surface area contributed by atoms with Crippen LogP contribution < -0.4 is 0 Å². The van der Waals surface area contributed by atoms with Crippen molar-refractivity contribution in [1.82, 2.24) is 0 Å². The number of benzene rings is 2. The molecule has 0 heterocycles. The minimum Gasteiger partial charge on any atom is -0.478 e. The van der Waals surface area contributed by atoms with Gasteiger partial charge in [0.1, 0.15) is 0 Å². The van der Waals surface area contributed by atoms with Crippen LogP contribution >= 0.6 is 0 Å². The molecule has 0 fully saturated rings. The summed E-state index contributed by atoms with van der Waals surface area (Å²) in [6.07, 6.45) is 0. The zero-order valence-electron chi connectivity index (χ0n) is 12.9. The minimum absolute atomic E-state index is 0.0833. The van der Waals surface area contributed by atoms with Crippen molar-refractivity contribution in [1.29, 1.82) is 0 Å². The Morgan fingerprint density at radius 2 is 1.14 bits per heavy atom. The summed E-state index contributed by atoms with van der Waals surface area (Å²) in [6.45, 7) is 6.54. The Bertz CT molecular complexity index is 592. The average Bonchev–Trinajstić information content (AvgIpc) is 2.48. The van der Waals surface area contributed by atoms with Crippen molar-refractivity contribution < 1.29 is 19.8 Å². The topological polar surface area (TPSA) is 74.6 Å². The summed E-state index contributed by atoms with van der Waals surface area (Å²) in [5.41, 5.74) is 2.93. The molecule has 2 N–H and O–H groups in total. The number of aromatic carboxylic acids is 2. The van der Waals surface area contributed by atoms with Crippen molar-refractivity contribution in [3.63, 3.8) is 0 Å². The molecule has 116 valence electrons. The van der Waals surface area contributed by atoms with Crippen molar-refractivity contribution in [2.75, 3.05) is 0 Å². The van der Waals surface area contributed by atoms with Gasteiger partial charge in [0.15, 0.2) is 0 Å². The molecule has 22 heavy (non-hydrogen) atoms. The molecule has 0 unspecified atom stereocenters. The smallest absolute Gasteiger partial charge is 0.335 e. The Balaban J connectivity index is 0.000000224. The lowest BCUT2D eigenvalue weighted by molar-refractivity contribution is 0.0681. The second-order valence-electron chi connectivity index (χ2n) is 5.25. The highest BCUT2D eigenvalue weighted by atomic mass is 16.4. The zero-order valence-corrected chi connectivity index (χ0v) is 12.9. The van der Waals surface area contributed by atoms with Gasteiger partial charge < -0.3 is 10.2 Å². The standard InChI is InChI=1S/C10H14.C8H6O4/c1-8(2)10-6-4-9(3)5-7-10;9-7(10)5-1-2-6(4-3-5)8(11)12/h4-8H,1-3H3;1-4H,(H,9,10)(H,11,12). The fourth-order valence-corrected chi connectivity index (χ4v) is 1.71. The van der Waals surface area contributed by atoms with Gasteiger partial charge in [-0.2, -0.15) is 0 Å². The third-order valence-electron chi connectivity index (χ3n) is 3.12. The Morgan fingerprint density at radius 3 is 1.41 bits per heavy atom. The minimum atomic E-state index is -1.06. The Kier molecular flexibility index (Phi) is 6.32. The Hall–Kier alpha value is -2.62. The van der Waals surface area contributed by atoms with Crippen LogP contribution in [0.15, 0.2) is 48.5 Å². The van der Waals surface area contributed by atoms with Crippen LogP contribution in [0.3, 0.4) is 0 Å². The molecule has 2 rings (SSSR count). The molecule has 0 aromatic heterocycles. The maximum Gasteiger partial charge on any atom is 0.335 e. The number of aryl methyl sites for hydroxylation is 1. The number of carboxylic acids is 2. The summed E-state index contributed by atoms with van der Waals surface area (Å²) in [6, 6.07) is 13.7. The quantitative estimate of drug-likeness (QED) is 0.890. The maximum absolute atomic E-state index is 10.3. The summed E-state index contributed by atoms with van der Waals surface area (Å²) >= 11 is 0. The molecule has 0 saturated carbocycles. The molecular formula is C18H20O4. The van der Waals surface area contributed by atoms with Crippen LogP contribution in [0.2, 0.25) is 0 Å². The highest BCUT2D eigenvalue weighted by Gasteiger charge is 2.04. The zero-order chi connectivity index (χ0) is 16.7. The lowest BCUT2D eigenvalue weighted by atomic mass is 10.0. The van der Waals surface area contributed by atoms with Gasteiger partial charge in [-0.15, -0.1) is 0 Å². The number of rotatable bonds is 3. The molecular weight excluding hydrogens is 280 g/mol. The van der Waals surface area contributed by atoms with E-state index in [9.17, 15) is 9.59 Å². The van der Waals surface area contributed by atoms with Crippen LogP contribution in [-0.2, 0) is 0 Å². The molecule has 0 aliphatic carbocycles. The number of hydrogen-bond donors (Lipinski definition) is 2. The monoisotopic (exact) mass is 300 g/mol. The first-order chi connectivity index (χ1) is 10.3. The Morgan fingerprint density at radius 1 is 0.773 bits per heavy atom. The first-order valence-corrected chi connectivity index (χ1v) is 6.94. The predicted octanol–water partition coefficient (Wildman–Crippen LogP) is 4.20. The third-order valence-corrected chi connectivity index (χ3v) is 3.12. The summed E-state index contributed by atoms with van der Waals surface area (Å²) in [4.78, 5) is 20.7. The van der Waals surface area contributed by atoms with Gasteiger partial charge in [0, 0.05) is 0 Å². The van der Waals surface area contributed by atoms with Gasteiger partial charge in [-0.3, -0.25) is 0 Å². The second-order valence-corrected chi connectivity index (χ2v) is 5.25. The predicted molar refractivity (Wildman–Crippen MR) is 85.6 cm³/mol. The van der Waals surface area contributed by atoms with E-state index in [1.807, 2.05) is 0 Å². The van der Waals surface area contributed by atoms with Crippen LogP contribution in [-0.4, -0.2) is 22.2 Å². The van der Waals surface area contributed by atoms with Gasteiger partial charge in [0.25, 0.3) is 0 Å². The number of hydrogen-bond acceptors (Lipinski definition) is 2. The van der Waals surface area contributed by atoms with Crippen molar-refractivity contribution in [2.24, 2.45) is 0 Å². The molecule has 4 nitrogen and oxygen atoms in total. The summed E-state index contributed by atoms with van der Waals surface area (Å²) in [7, 11) is 0. The normalized spacial score (nSPS) is 9.82. The van der Waals surface area contributed by atoms with Gasteiger partial charge >= 0.3 is 11.9 Å². The van der Waals surface area contributed by atoms with Gasteiger partial charge in [0.05, 0.1) is 11.1 Å². The second kappa shape index (κ2) is 7.98. The van der Waals surface area contributed by atoms with E-state index in [-0.39, 0.29) is 11.1 Å². The SMILES string of the molecule is Cc1ccc(C(C)C)cc1.O=C(O)c1ccc(C(=O)O)cc1. The average molecular weight is 300 g/mol. The van der Waals surface area contributed by atoms with Crippen LogP contribution in [0.5, 0.6) is 0 Å². The fraction of sp³-hybridized carbons (Fsp3) is 0.222. The molecule has 0 spiro atoms. The van der Waals surface area contributed by atoms with E-state index in [1.54, 1.807) is 0 Å². The number of carbonyl (C=O) groups is 2. The third kappa shape index (κ3) is 5.40. The molecule has 0 saturated heterocycles. The largest absolute Gasteiger partial charge is 0.478 e. The molecule has 0 aliphatic heterocycles. The molecule has 0 atom stereocenters. The van der Waals surface area contributed by atoms with E-state index >= 15 is 0 Å². The van der Waals surface area contributed by atoms with Crippen LogP contribution in [0.25, 0.3) is 0 Å². The molecule has 2 aromatic rings. The Labute approximate surface area is 130 Å². The molecule has 2 aromatic carbocycles. The van der Waals surface area contributed by atoms with Gasteiger partial charge in [-0.05, 0) is 42.7 Å². The highest BCUT2D eigenvalue weighted by molar-refractivity contribution is 5.91. The van der Waals surface area contributed by atoms with E-state index in [0.29, 0.717) is 5.92 Å². The van der Waals surface area contributed by atoms with Crippen LogP contribution in [0, 0.1) is 6.92 Å². The molecule has 4 heteroatoms. The van der Waals surface area contributed by atoms with E-state index < -0.39 is 11.9 Å². The molecule has 0 aliphatic rings. The van der Waals surface area contributed by atoms with E-state index in [1.165, 1.54) is 35.4 Å². The molecule has 0 amide bonds. The van der Waals surface area contributed by atoms with E-state index in [2.05, 4.69) is 45.0 Å². The summed E-state index contributed by atoms with van der Waals surface area (Å²) < 4.78 is 0. The van der Waals surface area contributed by atoms with Crippen molar-refractivity contribution in [2.45, 2.75) is 26.7 Å². The lowest BCUT2D eigenvalue weighted by Gasteiger charge is -2.03. The van der Waals surface area contributed by atoms with Gasteiger partial charge in [-0.25, -0.2) is 9.59 Å². The fourth-order valence-electron chi connectivity index (χ4n) is 1.71. The van der Waals surface area contributed by atoms with E-state index in [4.69, 9.17) is 10.2 Å². The first-order valence-electron chi connectivity index (χ1n) is 6.94. The first kappa shape index (κ1) is 17.4. The molecule has 0 bridgehead atoms. The van der Waals surface area contributed by atoms with Crippen molar-refractivity contribution in [3.05, 3.63) is 70.8 Å². The van der Waals surface area contributed by atoms with Gasteiger partial charge in [-0.1, -0.05) is 43.7 Å². The lowest BCUT2D eigenvalue weighted by Crippen LogP contribution is -1.99. The maximum atomic E-state index is 10.3. The van der Waals surface area contributed by atoms with Crippen molar-refractivity contribution in [3.8, 4) is 0 Å². The van der Waals surface area contributed by atoms with E-state index in [0.717, 1.165) is 0 Å². The summed E-state index contributed by atoms with van der Waals surface area (Å²) in [5, 5.41) is 16.9. The summed E-state index contributed by atoms with van der Waals surface area (Å²) in [5.74, 6) is -1.47.